The molecule has 3 aromatic heterocycles. The van der Waals surface area contributed by atoms with Crippen LogP contribution >= 0.6 is 0 Å². The van der Waals surface area contributed by atoms with Gasteiger partial charge in [-0.25, -0.2) is 19.9 Å². The molecule has 1 saturated heterocycles. The second-order valence-corrected chi connectivity index (χ2v) is 7.68. The maximum absolute atomic E-state index is 12.0. The summed E-state index contributed by atoms with van der Waals surface area (Å²) in [6.07, 6.45) is 6.35. The molecule has 0 atom stereocenters. The summed E-state index contributed by atoms with van der Waals surface area (Å²) in [6, 6.07) is 6.32. The second-order valence-electron chi connectivity index (χ2n) is 7.68. The van der Waals surface area contributed by atoms with Crippen molar-refractivity contribution >= 4 is 11.6 Å². The highest BCUT2D eigenvalue weighted by Gasteiger charge is 2.20. The van der Waals surface area contributed by atoms with Crippen LogP contribution in [0.4, 0.5) is 11.6 Å². The van der Waals surface area contributed by atoms with E-state index < -0.39 is 0 Å². The van der Waals surface area contributed by atoms with E-state index >= 15 is 0 Å². The van der Waals surface area contributed by atoms with Crippen LogP contribution in [0.2, 0.25) is 0 Å². The standard InChI is InChI=1S/C22H27N7O/c1-4-17-11-20(25-13-24-17)29-9-7-18(8-10-29)27-19-6-5-16(12-23-19)21-26-15(3)14(2)22(30)28-21/h5-6,11-13,18H,4,7-10H2,1-3H3,(H,23,27)(H,26,28,30). The number of aromatic amines is 1. The Kier molecular flexibility index (Phi) is 5.74. The van der Waals surface area contributed by atoms with Crippen molar-refractivity contribution < 1.29 is 0 Å². The summed E-state index contributed by atoms with van der Waals surface area (Å²) < 4.78 is 0. The summed E-state index contributed by atoms with van der Waals surface area (Å²) in [5.74, 6) is 2.39. The second kappa shape index (κ2) is 8.61. The normalized spacial score (nSPS) is 14.7. The lowest BCUT2D eigenvalue weighted by atomic mass is 10.0. The predicted molar refractivity (Wildman–Crippen MR) is 118 cm³/mol. The van der Waals surface area contributed by atoms with E-state index in [-0.39, 0.29) is 5.56 Å². The lowest BCUT2D eigenvalue weighted by Crippen LogP contribution is -2.39. The van der Waals surface area contributed by atoms with Crippen LogP contribution in [0.3, 0.4) is 0 Å². The van der Waals surface area contributed by atoms with Gasteiger partial charge in [-0.2, -0.15) is 0 Å². The number of piperidine rings is 1. The molecule has 156 valence electrons. The molecule has 0 saturated carbocycles. The van der Waals surface area contributed by atoms with Crippen LogP contribution in [-0.2, 0) is 6.42 Å². The van der Waals surface area contributed by atoms with Crippen molar-refractivity contribution in [3.63, 3.8) is 0 Å². The molecule has 8 nitrogen and oxygen atoms in total. The molecular formula is C22H27N7O. The predicted octanol–water partition coefficient (Wildman–Crippen LogP) is 2.88. The van der Waals surface area contributed by atoms with Crippen molar-refractivity contribution in [2.24, 2.45) is 0 Å². The van der Waals surface area contributed by atoms with Crippen LogP contribution in [-0.4, -0.2) is 44.1 Å². The zero-order chi connectivity index (χ0) is 21.1. The Hall–Kier alpha value is -3.29. The fraction of sp³-hybridized carbons (Fsp3) is 0.409. The van der Waals surface area contributed by atoms with Crippen molar-refractivity contribution in [2.45, 2.75) is 46.1 Å². The molecule has 0 unspecified atom stereocenters. The van der Waals surface area contributed by atoms with Gasteiger partial charge in [0.2, 0.25) is 0 Å². The van der Waals surface area contributed by atoms with Gasteiger partial charge in [0.25, 0.3) is 5.56 Å². The van der Waals surface area contributed by atoms with Crippen molar-refractivity contribution in [1.82, 2.24) is 24.9 Å². The number of pyridine rings is 1. The smallest absolute Gasteiger partial charge is 0.254 e. The third-order valence-corrected chi connectivity index (χ3v) is 5.67. The first kappa shape index (κ1) is 20.0. The van der Waals surface area contributed by atoms with E-state index in [1.54, 1.807) is 19.4 Å². The molecule has 1 fully saturated rings. The number of nitrogens with zero attached hydrogens (tertiary/aromatic N) is 5. The summed E-state index contributed by atoms with van der Waals surface area (Å²) in [6.45, 7) is 7.62. The van der Waals surface area contributed by atoms with E-state index in [4.69, 9.17) is 0 Å². The summed E-state index contributed by atoms with van der Waals surface area (Å²) in [4.78, 5) is 34.8. The van der Waals surface area contributed by atoms with Gasteiger partial charge in [0.1, 0.15) is 23.8 Å². The van der Waals surface area contributed by atoms with Gasteiger partial charge in [0, 0.05) is 53.9 Å². The van der Waals surface area contributed by atoms with Crippen LogP contribution in [0.1, 0.15) is 36.7 Å². The molecule has 0 amide bonds. The molecule has 0 bridgehead atoms. The van der Waals surface area contributed by atoms with Crippen molar-refractivity contribution in [3.8, 4) is 11.4 Å². The first-order valence-corrected chi connectivity index (χ1v) is 10.4. The van der Waals surface area contributed by atoms with E-state index in [2.05, 4.69) is 48.1 Å². The minimum atomic E-state index is -0.110. The number of hydrogen-bond donors (Lipinski definition) is 2. The van der Waals surface area contributed by atoms with Gasteiger partial charge >= 0.3 is 0 Å². The summed E-state index contributed by atoms with van der Waals surface area (Å²) >= 11 is 0. The number of rotatable bonds is 5. The highest BCUT2D eigenvalue weighted by Crippen LogP contribution is 2.21. The Balaban J connectivity index is 1.37. The molecule has 0 aromatic carbocycles. The molecule has 4 rings (SSSR count). The molecule has 1 aliphatic rings. The monoisotopic (exact) mass is 405 g/mol. The SMILES string of the molecule is CCc1cc(N2CCC(Nc3ccc(-c4nc(C)c(C)c(=O)[nH]4)cn3)CC2)ncn1. The number of hydrogen-bond acceptors (Lipinski definition) is 7. The van der Waals surface area contributed by atoms with E-state index in [0.717, 1.165) is 60.9 Å². The molecule has 8 heteroatoms. The molecule has 0 aliphatic carbocycles. The van der Waals surface area contributed by atoms with Crippen molar-refractivity contribution in [1.29, 1.82) is 0 Å². The molecule has 2 N–H and O–H groups in total. The Morgan fingerprint density at radius 3 is 2.63 bits per heavy atom. The van der Waals surface area contributed by atoms with Crippen LogP contribution in [0, 0.1) is 13.8 Å². The number of H-pyrrole nitrogens is 1. The van der Waals surface area contributed by atoms with Gasteiger partial charge in [-0.1, -0.05) is 6.92 Å². The fourth-order valence-corrected chi connectivity index (χ4v) is 3.62. The van der Waals surface area contributed by atoms with E-state index in [1.165, 1.54) is 0 Å². The maximum Gasteiger partial charge on any atom is 0.254 e. The van der Waals surface area contributed by atoms with E-state index in [9.17, 15) is 4.79 Å². The maximum atomic E-state index is 12.0. The molecule has 0 spiro atoms. The quantitative estimate of drug-likeness (QED) is 0.673. The molecular weight excluding hydrogens is 378 g/mol. The topological polar surface area (TPSA) is 99.7 Å². The average molecular weight is 406 g/mol. The minimum Gasteiger partial charge on any atom is -0.367 e. The Bertz CT molecular complexity index is 1070. The first-order valence-electron chi connectivity index (χ1n) is 10.4. The van der Waals surface area contributed by atoms with Gasteiger partial charge in [0.05, 0.1) is 0 Å². The Labute approximate surface area is 175 Å². The lowest BCUT2D eigenvalue weighted by molar-refractivity contribution is 0.522. The highest BCUT2D eigenvalue weighted by atomic mass is 16.1. The third kappa shape index (κ3) is 4.32. The Morgan fingerprint density at radius 2 is 1.97 bits per heavy atom. The van der Waals surface area contributed by atoms with Gasteiger partial charge < -0.3 is 15.2 Å². The van der Waals surface area contributed by atoms with Gasteiger partial charge in [0.15, 0.2) is 0 Å². The van der Waals surface area contributed by atoms with Crippen molar-refractivity contribution in [3.05, 3.63) is 58.0 Å². The summed E-state index contributed by atoms with van der Waals surface area (Å²) in [5.41, 5.74) is 3.14. The largest absolute Gasteiger partial charge is 0.367 e. The zero-order valence-corrected chi connectivity index (χ0v) is 17.6. The van der Waals surface area contributed by atoms with Gasteiger partial charge in [-0.3, -0.25) is 4.79 Å². The van der Waals surface area contributed by atoms with Gasteiger partial charge in [-0.15, -0.1) is 0 Å². The highest BCUT2D eigenvalue weighted by molar-refractivity contribution is 5.56. The number of nitrogens with one attached hydrogen (secondary N) is 2. The summed E-state index contributed by atoms with van der Waals surface area (Å²) in [5, 5.41) is 3.52. The fourth-order valence-electron chi connectivity index (χ4n) is 3.62. The molecule has 30 heavy (non-hydrogen) atoms. The average Bonchev–Trinajstić information content (AvgIpc) is 2.78. The van der Waals surface area contributed by atoms with Gasteiger partial charge in [-0.05, 0) is 45.2 Å². The molecule has 4 heterocycles. The van der Waals surface area contributed by atoms with Crippen LogP contribution in [0.15, 0.2) is 35.5 Å². The van der Waals surface area contributed by atoms with Crippen LogP contribution in [0.25, 0.3) is 11.4 Å². The number of anilines is 2. The molecule has 3 aromatic rings. The zero-order valence-electron chi connectivity index (χ0n) is 17.6. The third-order valence-electron chi connectivity index (χ3n) is 5.67. The minimum absolute atomic E-state index is 0.110. The Morgan fingerprint density at radius 1 is 1.17 bits per heavy atom. The van der Waals surface area contributed by atoms with E-state index in [0.29, 0.717) is 17.4 Å². The van der Waals surface area contributed by atoms with Crippen LogP contribution in [0.5, 0.6) is 0 Å². The number of aryl methyl sites for hydroxylation is 2. The van der Waals surface area contributed by atoms with Crippen LogP contribution < -0.4 is 15.8 Å². The molecule has 1 aliphatic heterocycles. The van der Waals surface area contributed by atoms with E-state index in [1.807, 2.05) is 19.1 Å². The summed E-state index contributed by atoms with van der Waals surface area (Å²) in [7, 11) is 0. The first-order chi connectivity index (χ1) is 14.5. The lowest BCUT2D eigenvalue weighted by Gasteiger charge is -2.33. The molecule has 0 radical (unpaired) electrons. The van der Waals surface area contributed by atoms with Crippen molar-refractivity contribution in [2.75, 3.05) is 23.3 Å². The number of aromatic nitrogens is 5.